The maximum Gasteiger partial charge on any atom is 0.256 e. The standard InChI is InChI=1S/C20H22N6O4/c1-3-20-9-25(2)30-14(15(20)27)19(29-20)26-11-23-13-16(21-10-22-17(13)26)24-18(28)12-7-5-4-6-8-12/h4-8,10-11,14-15,19,27H,3,9H2,1-2H3,(H,21,22,24,28)/t14?,15-,19-,20+/m1/s1. The topological polar surface area (TPSA) is 115 Å². The van der Waals surface area contributed by atoms with Gasteiger partial charge < -0.3 is 15.2 Å². The Labute approximate surface area is 172 Å². The van der Waals surface area contributed by atoms with Crippen LogP contribution in [0.4, 0.5) is 5.82 Å². The number of fused-ring (bicyclic) bond motifs is 3. The summed E-state index contributed by atoms with van der Waals surface area (Å²) in [6, 6.07) is 8.87. The molecule has 1 amide bonds. The Hall–Kier alpha value is -2.92. The first kappa shape index (κ1) is 19.1. The largest absolute Gasteiger partial charge is 0.387 e. The van der Waals surface area contributed by atoms with E-state index >= 15 is 0 Å². The predicted molar refractivity (Wildman–Crippen MR) is 106 cm³/mol. The average molecular weight is 410 g/mol. The number of amides is 1. The van der Waals surface area contributed by atoms with Gasteiger partial charge in [0.2, 0.25) is 0 Å². The van der Waals surface area contributed by atoms with E-state index in [1.165, 1.54) is 6.33 Å². The number of benzene rings is 1. The molecule has 156 valence electrons. The van der Waals surface area contributed by atoms with Crippen LogP contribution >= 0.6 is 0 Å². The normalized spacial score (nSPS) is 28.7. The van der Waals surface area contributed by atoms with Crippen LogP contribution in [-0.2, 0) is 9.57 Å². The van der Waals surface area contributed by atoms with Gasteiger partial charge in [-0.25, -0.2) is 15.0 Å². The molecule has 1 aromatic carbocycles. The highest BCUT2D eigenvalue weighted by molar-refractivity contribution is 6.06. The average Bonchev–Trinajstić information content (AvgIpc) is 3.25. The van der Waals surface area contributed by atoms with Crippen molar-refractivity contribution in [3.8, 4) is 0 Å². The molecule has 0 radical (unpaired) electrons. The minimum atomic E-state index is -0.778. The van der Waals surface area contributed by atoms with E-state index in [1.807, 2.05) is 20.0 Å². The Morgan fingerprint density at radius 1 is 1.30 bits per heavy atom. The van der Waals surface area contributed by atoms with Gasteiger partial charge in [-0.3, -0.25) is 14.2 Å². The number of rotatable bonds is 4. The first-order valence-electron chi connectivity index (χ1n) is 9.80. The molecule has 30 heavy (non-hydrogen) atoms. The summed E-state index contributed by atoms with van der Waals surface area (Å²) in [6.07, 6.45) is 1.58. The molecule has 2 aliphatic rings. The Balaban J connectivity index is 1.49. The summed E-state index contributed by atoms with van der Waals surface area (Å²) in [4.78, 5) is 31.3. The third-order valence-electron chi connectivity index (χ3n) is 5.78. The van der Waals surface area contributed by atoms with Crippen LogP contribution < -0.4 is 5.32 Å². The van der Waals surface area contributed by atoms with Gasteiger partial charge >= 0.3 is 0 Å². The first-order chi connectivity index (χ1) is 14.5. The summed E-state index contributed by atoms with van der Waals surface area (Å²) in [7, 11) is 1.82. The quantitative estimate of drug-likeness (QED) is 0.663. The van der Waals surface area contributed by atoms with Gasteiger partial charge in [0, 0.05) is 12.6 Å². The number of ether oxygens (including phenoxy) is 1. The highest BCUT2D eigenvalue weighted by Gasteiger charge is 2.59. The number of carbonyl (C=O) groups is 1. The van der Waals surface area contributed by atoms with Crippen molar-refractivity contribution in [1.82, 2.24) is 24.6 Å². The van der Waals surface area contributed by atoms with Gasteiger partial charge in [0.25, 0.3) is 5.91 Å². The van der Waals surface area contributed by atoms with Gasteiger partial charge in [-0.1, -0.05) is 25.1 Å². The molecule has 4 heterocycles. The fraction of sp³-hybridized carbons (Fsp3) is 0.400. The van der Waals surface area contributed by atoms with Crippen LogP contribution in [0.1, 0.15) is 29.9 Å². The molecular formula is C20H22N6O4. The van der Waals surface area contributed by atoms with Crippen molar-refractivity contribution in [3.05, 3.63) is 48.5 Å². The van der Waals surface area contributed by atoms with Crippen molar-refractivity contribution in [3.63, 3.8) is 0 Å². The lowest BCUT2D eigenvalue weighted by atomic mass is 9.91. The Bertz CT molecular complexity index is 1090. The lowest BCUT2D eigenvalue weighted by Crippen LogP contribution is -2.56. The molecule has 2 aliphatic heterocycles. The van der Waals surface area contributed by atoms with E-state index in [-0.39, 0.29) is 5.91 Å². The number of nitrogens with one attached hydrogen (secondary N) is 1. The minimum absolute atomic E-state index is 0.288. The number of hydroxylamine groups is 2. The monoisotopic (exact) mass is 410 g/mol. The Morgan fingerprint density at radius 3 is 2.87 bits per heavy atom. The van der Waals surface area contributed by atoms with E-state index in [4.69, 9.17) is 9.57 Å². The van der Waals surface area contributed by atoms with E-state index in [0.717, 1.165) is 0 Å². The third kappa shape index (κ3) is 2.88. The van der Waals surface area contributed by atoms with E-state index < -0.39 is 24.0 Å². The molecule has 2 fully saturated rings. The fourth-order valence-electron chi connectivity index (χ4n) is 4.21. The van der Waals surface area contributed by atoms with Crippen LogP contribution in [0.5, 0.6) is 0 Å². The number of aliphatic hydroxyl groups is 1. The van der Waals surface area contributed by atoms with Crippen LogP contribution in [0.2, 0.25) is 0 Å². The SMILES string of the molecule is CC[C@@]12CN(C)OC([C@H](n3cnc4c(NC(=O)c5ccccc5)ncnc43)O1)[C@H]2O. The van der Waals surface area contributed by atoms with E-state index in [9.17, 15) is 9.90 Å². The zero-order chi connectivity index (χ0) is 20.9. The second-order valence-electron chi connectivity index (χ2n) is 7.59. The summed E-state index contributed by atoms with van der Waals surface area (Å²) < 4.78 is 8.03. The molecule has 0 aliphatic carbocycles. The molecule has 2 bridgehead atoms. The number of anilines is 1. The van der Waals surface area contributed by atoms with Crippen LogP contribution in [0, 0.1) is 0 Å². The van der Waals surface area contributed by atoms with Crippen molar-refractivity contribution in [2.24, 2.45) is 0 Å². The second-order valence-corrected chi connectivity index (χ2v) is 7.59. The number of hydrogen-bond donors (Lipinski definition) is 2. The number of aromatic nitrogens is 4. The maximum atomic E-state index is 12.5. The van der Waals surface area contributed by atoms with Crippen molar-refractivity contribution >= 4 is 22.9 Å². The molecule has 0 spiro atoms. The molecule has 10 heteroatoms. The third-order valence-corrected chi connectivity index (χ3v) is 5.78. The van der Waals surface area contributed by atoms with E-state index in [1.54, 1.807) is 40.2 Å². The highest BCUT2D eigenvalue weighted by atomic mass is 16.7. The molecule has 0 saturated carbocycles. The van der Waals surface area contributed by atoms with Gasteiger partial charge in [-0.2, -0.15) is 5.06 Å². The van der Waals surface area contributed by atoms with Gasteiger partial charge in [-0.15, -0.1) is 0 Å². The predicted octanol–water partition coefficient (Wildman–Crippen LogP) is 1.36. The first-order valence-corrected chi connectivity index (χ1v) is 9.80. The van der Waals surface area contributed by atoms with Crippen LogP contribution in [-0.4, -0.2) is 67.0 Å². The van der Waals surface area contributed by atoms with Crippen molar-refractivity contribution < 1.29 is 19.5 Å². The van der Waals surface area contributed by atoms with Crippen molar-refractivity contribution in [2.45, 2.75) is 37.4 Å². The molecule has 4 atom stereocenters. The number of likely N-dealkylation sites (N-methyl/N-ethyl adjacent to an activating group) is 1. The molecule has 1 unspecified atom stereocenters. The van der Waals surface area contributed by atoms with Gasteiger partial charge in [-0.05, 0) is 18.6 Å². The number of nitrogens with zero attached hydrogens (tertiary/aromatic N) is 5. The Kier molecular flexibility index (Phi) is 4.51. The Morgan fingerprint density at radius 2 is 2.10 bits per heavy atom. The van der Waals surface area contributed by atoms with Crippen molar-refractivity contribution in [2.75, 3.05) is 18.9 Å². The lowest BCUT2D eigenvalue weighted by Gasteiger charge is -2.39. The van der Waals surface area contributed by atoms with Crippen LogP contribution in [0.15, 0.2) is 43.0 Å². The van der Waals surface area contributed by atoms with Gasteiger partial charge in [0.1, 0.15) is 18.0 Å². The smallest absolute Gasteiger partial charge is 0.256 e. The fourth-order valence-corrected chi connectivity index (χ4v) is 4.21. The molecule has 10 nitrogen and oxygen atoms in total. The van der Waals surface area contributed by atoms with E-state index in [2.05, 4.69) is 20.3 Å². The molecular weight excluding hydrogens is 388 g/mol. The molecule has 5 rings (SSSR count). The van der Waals surface area contributed by atoms with Crippen LogP contribution in [0.25, 0.3) is 11.2 Å². The van der Waals surface area contributed by atoms with Crippen molar-refractivity contribution in [1.29, 1.82) is 0 Å². The summed E-state index contributed by atoms with van der Waals surface area (Å²) in [5.41, 5.74) is 0.702. The zero-order valence-electron chi connectivity index (χ0n) is 16.6. The highest BCUT2D eigenvalue weighted by Crippen LogP contribution is 2.45. The second kappa shape index (κ2) is 7.10. The summed E-state index contributed by atoms with van der Waals surface area (Å²) in [5, 5.41) is 15.3. The number of hydrogen-bond acceptors (Lipinski definition) is 8. The van der Waals surface area contributed by atoms with Gasteiger partial charge in [0.05, 0.1) is 12.9 Å². The zero-order valence-corrected chi connectivity index (χ0v) is 16.6. The number of imidazole rings is 1. The summed E-state index contributed by atoms with van der Waals surface area (Å²) in [6.45, 7) is 2.44. The molecule has 2 saturated heterocycles. The molecule has 2 aromatic heterocycles. The summed E-state index contributed by atoms with van der Waals surface area (Å²) >= 11 is 0. The lowest BCUT2D eigenvalue weighted by molar-refractivity contribution is -0.252. The maximum absolute atomic E-state index is 12.5. The van der Waals surface area contributed by atoms with Crippen LogP contribution in [0.3, 0.4) is 0 Å². The molecule has 2 N–H and O–H groups in total. The minimum Gasteiger partial charge on any atom is -0.387 e. The van der Waals surface area contributed by atoms with E-state index in [0.29, 0.717) is 35.5 Å². The molecule has 3 aromatic rings. The number of carbonyl (C=O) groups excluding carboxylic acids is 1. The summed E-state index contributed by atoms with van der Waals surface area (Å²) in [5.74, 6) is 0.0146. The number of aliphatic hydroxyl groups excluding tert-OH is 1. The van der Waals surface area contributed by atoms with Gasteiger partial charge in [0.15, 0.2) is 29.3 Å².